The van der Waals surface area contributed by atoms with Gasteiger partial charge in [0, 0.05) is 17.4 Å². The Labute approximate surface area is 115 Å². The van der Waals surface area contributed by atoms with Gasteiger partial charge in [0.2, 0.25) is 5.91 Å². The normalized spacial score (nSPS) is 16.4. The third-order valence-corrected chi connectivity index (χ3v) is 3.53. The van der Waals surface area contributed by atoms with Gasteiger partial charge in [-0.3, -0.25) is 9.69 Å². The quantitative estimate of drug-likeness (QED) is 0.773. The highest BCUT2D eigenvalue weighted by atomic mass is 16.2. The van der Waals surface area contributed by atoms with Crippen LogP contribution in [0.4, 0.5) is 11.4 Å². The zero-order valence-corrected chi connectivity index (χ0v) is 11.7. The molecule has 0 aromatic heterocycles. The lowest BCUT2D eigenvalue weighted by molar-refractivity contribution is -0.121. The van der Waals surface area contributed by atoms with Crippen molar-refractivity contribution in [2.45, 2.75) is 45.2 Å². The van der Waals surface area contributed by atoms with E-state index in [2.05, 4.69) is 17.1 Å². The second-order valence-electron chi connectivity index (χ2n) is 5.26. The highest BCUT2D eigenvalue weighted by molar-refractivity contribution is 5.94. The number of hydrogen-bond donors (Lipinski definition) is 2. The SMILES string of the molecule is CCCN(C1CC1)C(C)C(=O)Nc1cccc(N)c1. The van der Waals surface area contributed by atoms with Crippen molar-refractivity contribution < 1.29 is 4.79 Å². The van der Waals surface area contributed by atoms with E-state index in [1.54, 1.807) is 6.07 Å². The monoisotopic (exact) mass is 261 g/mol. The summed E-state index contributed by atoms with van der Waals surface area (Å²) in [5, 5.41) is 2.94. The Bertz CT molecular complexity index is 443. The van der Waals surface area contributed by atoms with E-state index in [4.69, 9.17) is 5.73 Å². The van der Waals surface area contributed by atoms with Gasteiger partial charge in [0.05, 0.1) is 6.04 Å². The molecule has 4 nitrogen and oxygen atoms in total. The molecule has 0 spiro atoms. The van der Waals surface area contributed by atoms with Gasteiger partial charge in [-0.1, -0.05) is 13.0 Å². The van der Waals surface area contributed by atoms with Crippen molar-refractivity contribution in [3.8, 4) is 0 Å². The summed E-state index contributed by atoms with van der Waals surface area (Å²) in [6, 6.07) is 7.82. The molecule has 0 heterocycles. The zero-order chi connectivity index (χ0) is 13.8. The molecule has 4 heteroatoms. The van der Waals surface area contributed by atoms with Crippen molar-refractivity contribution in [3.63, 3.8) is 0 Å². The van der Waals surface area contributed by atoms with Gasteiger partial charge < -0.3 is 11.1 Å². The van der Waals surface area contributed by atoms with Crippen molar-refractivity contribution in [1.29, 1.82) is 0 Å². The second-order valence-corrected chi connectivity index (χ2v) is 5.26. The number of benzene rings is 1. The predicted molar refractivity (Wildman–Crippen MR) is 79.0 cm³/mol. The van der Waals surface area contributed by atoms with E-state index < -0.39 is 0 Å². The van der Waals surface area contributed by atoms with Crippen molar-refractivity contribution in [1.82, 2.24) is 4.90 Å². The third-order valence-electron chi connectivity index (χ3n) is 3.53. The van der Waals surface area contributed by atoms with Crippen molar-refractivity contribution in [2.75, 3.05) is 17.6 Å². The van der Waals surface area contributed by atoms with Crippen molar-refractivity contribution in [3.05, 3.63) is 24.3 Å². The van der Waals surface area contributed by atoms with E-state index in [-0.39, 0.29) is 11.9 Å². The summed E-state index contributed by atoms with van der Waals surface area (Å²) in [6.45, 7) is 5.11. The van der Waals surface area contributed by atoms with Crippen LogP contribution in [0.25, 0.3) is 0 Å². The maximum absolute atomic E-state index is 12.3. The molecule has 3 N–H and O–H groups in total. The van der Waals surface area contributed by atoms with Gasteiger partial charge in [0.1, 0.15) is 0 Å². The highest BCUT2D eigenvalue weighted by Gasteiger charge is 2.34. The average Bonchev–Trinajstić information content (AvgIpc) is 3.19. The molecule has 1 aliphatic carbocycles. The summed E-state index contributed by atoms with van der Waals surface area (Å²) in [6.07, 6.45) is 3.51. The summed E-state index contributed by atoms with van der Waals surface area (Å²) in [4.78, 5) is 14.6. The van der Waals surface area contributed by atoms with Gasteiger partial charge in [-0.15, -0.1) is 0 Å². The Morgan fingerprint density at radius 2 is 2.26 bits per heavy atom. The fourth-order valence-corrected chi connectivity index (χ4v) is 2.37. The third kappa shape index (κ3) is 3.70. The molecule has 1 aliphatic rings. The molecule has 1 aromatic carbocycles. The van der Waals surface area contributed by atoms with E-state index in [9.17, 15) is 4.79 Å². The molecular weight excluding hydrogens is 238 g/mol. The number of nitrogen functional groups attached to an aromatic ring is 1. The first-order chi connectivity index (χ1) is 9.11. The zero-order valence-electron chi connectivity index (χ0n) is 11.7. The molecule has 2 rings (SSSR count). The van der Waals surface area contributed by atoms with Crippen LogP contribution in [0, 0.1) is 0 Å². The summed E-state index contributed by atoms with van der Waals surface area (Å²) in [5.41, 5.74) is 7.15. The molecule has 1 fully saturated rings. The number of carbonyl (C=O) groups excluding carboxylic acids is 1. The first-order valence-corrected chi connectivity index (χ1v) is 7.04. The van der Waals surface area contributed by atoms with E-state index in [0.29, 0.717) is 11.7 Å². The van der Waals surface area contributed by atoms with Crippen LogP contribution in [0.15, 0.2) is 24.3 Å². The van der Waals surface area contributed by atoms with Crippen LogP contribution in [0.3, 0.4) is 0 Å². The lowest BCUT2D eigenvalue weighted by atomic mass is 10.2. The number of nitrogens with two attached hydrogens (primary N) is 1. The van der Waals surface area contributed by atoms with Crippen LogP contribution in [-0.2, 0) is 4.79 Å². The topological polar surface area (TPSA) is 58.4 Å². The highest BCUT2D eigenvalue weighted by Crippen LogP contribution is 2.29. The fourth-order valence-electron chi connectivity index (χ4n) is 2.37. The number of carbonyl (C=O) groups is 1. The number of hydrogen-bond acceptors (Lipinski definition) is 3. The maximum atomic E-state index is 12.3. The minimum Gasteiger partial charge on any atom is -0.399 e. The minimum absolute atomic E-state index is 0.0472. The smallest absolute Gasteiger partial charge is 0.241 e. The van der Waals surface area contributed by atoms with E-state index >= 15 is 0 Å². The Morgan fingerprint density at radius 1 is 1.53 bits per heavy atom. The molecule has 1 amide bonds. The van der Waals surface area contributed by atoms with Gasteiger partial charge in [-0.05, 0) is 50.9 Å². The lowest BCUT2D eigenvalue weighted by Crippen LogP contribution is -2.43. The first-order valence-electron chi connectivity index (χ1n) is 7.04. The largest absolute Gasteiger partial charge is 0.399 e. The van der Waals surface area contributed by atoms with Crippen molar-refractivity contribution in [2.24, 2.45) is 0 Å². The second kappa shape index (κ2) is 6.06. The van der Waals surface area contributed by atoms with Gasteiger partial charge in [0.25, 0.3) is 0 Å². The molecule has 1 aromatic rings. The van der Waals surface area contributed by atoms with Gasteiger partial charge in [0.15, 0.2) is 0 Å². The number of rotatable bonds is 6. The van der Waals surface area contributed by atoms with E-state index in [1.165, 1.54) is 12.8 Å². The fraction of sp³-hybridized carbons (Fsp3) is 0.533. The molecule has 0 aliphatic heterocycles. The minimum atomic E-state index is -0.0890. The lowest BCUT2D eigenvalue weighted by Gasteiger charge is -2.27. The molecule has 0 bridgehead atoms. The molecular formula is C15H23N3O. The van der Waals surface area contributed by atoms with E-state index in [1.807, 2.05) is 25.1 Å². The molecule has 0 saturated heterocycles. The standard InChI is InChI=1S/C15H23N3O/c1-3-9-18(14-7-8-14)11(2)15(19)17-13-6-4-5-12(16)10-13/h4-6,10-11,14H,3,7-9,16H2,1-2H3,(H,17,19). The Hall–Kier alpha value is -1.55. The Kier molecular flexibility index (Phi) is 4.43. The van der Waals surface area contributed by atoms with Gasteiger partial charge in [-0.2, -0.15) is 0 Å². The summed E-state index contributed by atoms with van der Waals surface area (Å²) >= 11 is 0. The molecule has 19 heavy (non-hydrogen) atoms. The van der Waals surface area contributed by atoms with Crippen LogP contribution in [0.1, 0.15) is 33.1 Å². The molecule has 1 saturated carbocycles. The van der Waals surface area contributed by atoms with E-state index in [0.717, 1.165) is 18.7 Å². The average molecular weight is 261 g/mol. The molecule has 104 valence electrons. The molecule has 0 radical (unpaired) electrons. The molecule has 1 atom stereocenters. The van der Waals surface area contributed by atoms with Crippen LogP contribution in [0.2, 0.25) is 0 Å². The van der Waals surface area contributed by atoms with Crippen LogP contribution < -0.4 is 11.1 Å². The number of nitrogens with zero attached hydrogens (tertiary/aromatic N) is 1. The van der Waals surface area contributed by atoms with Crippen molar-refractivity contribution >= 4 is 17.3 Å². The van der Waals surface area contributed by atoms with Crippen LogP contribution in [-0.4, -0.2) is 29.4 Å². The van der Waals surface area contributed by atoms with Gasteiger partial charge in [-0.25, -0.2) is 0 Å². The predicted octanol–water partition coefficient (Wildman–Crippen LogP) is 2.47. The number of nitrogens with one attached hydrogen (secondary N) is 1. The number of anilines is 2. The summed E-state index contributed by atoms with van der Waals surface area (Å²) in [5.74, 6) is 0.0472. The maximum Gasteiger partial charge on any atom is 0.241 e. The Morgan fingerprint density at radius 3 is 2.84 bits per heavy atom. The van der Waals surface area contributed by atoms with Crippen LogP contribution >= 0.6 is 0 Å². The molecule has 1 unspecified atom stereocenters. The first kappa shape index (κ1) is 13.9. The van der Waals surface area contributed by atoms with Gasteiger partial charge >= 0.3 is 0 Å². The summed E-state index contributed by atoms with van der Waals surface area (Å²) in [7, 11) is 0. The summed E-state index contributed by atoms with van der Waals surface area (Å²) < 4.78 is 0. The van der Waals surface area contributed by atoms with Crippen LogP contribution in [0.5, 0.6) is 0 Å². The Balaban J connectivity index is 1.98. The number of amides is 1.